The lowest BCUT2D eigenvalue weighted by Crippen LogP contribution is -2.10. The van der Waals surface area contributed by atoms with Crippen LogP contribution in [0.4, 0.5) is 0 Å². The van der Waals surface area contributed by atoms with E-state index in [1.165, 1.54) is 20.0 Å². The summed E-state index contributed by atoms with van der Waals surface area (Å²) in [5.74, 6) is 0.595. The van der Waals surface area contributed by atoms with Crippen molar-refractivity contribution < 1.29 is 23.8 Å². The van der Waals surface area contributed by atoms with Crippen molar-refractivity contribution >= 4 is 12.3 Å². The van der Waals surface area contributed by atoms with E-state index in [1.54, 1.807) is 42.5 Å². The Balaban J connectivity index is 1.99. The zero-order valence-electron chi connectivity index (χ0n) is 15.2. The standard InChI is InChI=1S/C21H24O5/c1-3-4-5-6-14-25-18-12-10-16(11-13-18)21(23)26-20-17(15-22)8-7-9-19(20)24-2/h7-13,15H,3-6,14H2,1-2H3. The van der Waals surface area contributed by atoms with Crippen LogP contribution in [0.2, 0.25) is 0 Å². The maximum atomic E-state index is 12.4. The SMILES string of the molecule is CCCCCCOc1ccc(C(=O)Oc2c(C=O)cccc2OC)cc1. The van der Waals surface area contributed by atoms with Gasteiger partial charge < -0.3 is 14.2 Å². The van der Waals surface area contributed by atoms with Gasteiger partial charge in [0.2, 0.25) is 0 Å². The number of unbranched alkanes of at least 4 members (excludes halogenated alkanes) is 3. The molecule has 0 unspecified atom stereocenters. The molecular weight excluding hydrogens is 332 g/mol. The van der Waals surface area contributed by atoms with E-state index >= 15 is 0 Å². The smallest absolute Gasteiger partial charge is 0.343 e. The summed E-state index contributed by atoms with van der Waals surface area (Å²) in [6, 6.07) is 11.6. The summed E-state index contributed by atoms with van der Waals surface area (Å²) in [7, 11) is 1.45. The van der Waals surface area contributed by atoms with E-state index in [4.69, 9.17) is 14.2 Å². The predicted molar refractivity (Wildman–Crippen MR) is 99.4 cm³/mol. The third-order valence-corrected chi connectivity index (χ3v) is 3.91. The topological polar surface area (TPSA) is 61.8 Å². The molecule has 2 rings (SSSR count). The number of hydrogen-bond donors (Lipinski definition) is 0. The van der Waals surface area contributed by atoms with Gasteiger partial charge in [0.25, 0.3) is 0 Å². The van der Waals surface area contributed by atoms with Crippen molar-refractivity contribution in [3.8, 4) is 17.2 Å². The van der Waals surface area contributed by atoms with E-state index in [9.17, 15) is 9.59 Å². The first-order valence-electron chi connectivity index (χ1n) is 8.76. The number of ether oxygens (including phenoxy) is 3. The molecule has 0 aliphatic heterocycles. The molecule has 5 nitrogen and oxygen atoms in total. The fraction of sp³-hybridized carbons (Fsp3) is 0.333. The molecule has 0 saturated carbocycles. The number of benzene rings is 2. The molecule has 0 aliphatic carbocycles. The van der Waals surface area contributed by atoms with E-state index in [0.717, 1.165) is 12.8 Å². The van der Waals surface area contributed by atoms with Crippen LogP contribution < -0.4 is 14.2 Å². The summed E-state index contributed by atoms with van der Waals surface area (Å²) in [5, 5.41) is 0. The molecule has 0 saturated heterocycles. The number of carbonyl (C=O) groups is 2. The monoisotopic (exact) mass is 356 g/mol. The van der Waals surface area contributed by atoms with Gasteiger partial charge in [-0.15, -0.1) is 0 Å². The highest BCUT2D eigenvalue weighted by Gasteiger charge is 2.16. The number of rotatable bonds is 10. The van der Waals surface area contributed by atoms with Crippen molar-refractivity contribution in [2.75, 3.05) is 13.7 Å². The first-order valence-corrected chi connectivity index (χ1v) is 8.76. The highest BCUT2D eigenvalue weighted by Crippen LogP contribution is 2.30. The fourth-order valence-corrected chi connectivity index (χ4v) is 2.45. The Morgan fingerprint density at radius 1 is 1.04 bits per heavy atom. The largest absolute Gasteiger partial charge is 0.494 e. The zero-order valence-corrected chi connectivity index (χ0v) is 15.2. The minimum Gasteiger partial charge on any atom is -0.494 e. The van der Waals surface area contributed by atoms with Crippen LogP contribution >= 0.6 is 0 Å². The molecule has 0 radical (unpaired) electrons. The Bertz CT molecular complexity index is 722. The van der Waals surface area contributed by atoms with Gasteiger partial charge in [-0.3, -0.25) is 4.79 Å². The summed E-state index contributed by atoms with van der Waals surface area (Å²) in [6.45, 7) is 2.83. The minimum atomic E-state index is -0.563. The van der Waals surface area contributed by atoms with Crippen LogP contribution in [-0.2, 0) is 0 Å². The fourth-order valence-electron chi connectivity index (χ4n) is 2.45. The van der Waals surface area contributed by atoms with Gasteiger partial charge in [-0.05, 0) is 42.8 Å². The molecule has 0 amide bonds. The maximum Gasteiger partial charge on any atom is 0.343 e. The van der Waals surface area contributed by atoms with Crippen LogP contribution in [0.15, 0.2) is 42.5 Å². The molecule has 2 aromatic carbocycles. The Morgan fingerprint density at radius 2 is 1.81 bits per heavy atom. The lowest BCUT2D eigenvalue weighted by molar-refractivity contribution is 0.0728. The lowest BCUT2D eigenvalue weighted by atomic mass is 10.2. The first-order chi connectivity index (χ1) is 12.7. The van der Waals surface area contributed by atoms with Crippen molar-refractivity contribution in [1.29, 1.82) is 0 Å². The van der Waals surface area contributed by atoms with E-state index in [0.29, 0.717) is 30.0 Å². The van der Waals surface area contributed by atoms with Gasteiger partial charge in [-0.1, -0.05) is 32.3 Å². The van der Waals surface area contributed by atoms with Crippen LogP contribution in [0.1, 0.15) is 53.3 Å². The Morgan fingerprint density at radius 3 is 2.46 bits per heavy atom. The second kappa shape index (κ2) is 10.2. The highest BCUT2D eigenvalue weighted by atomic mass is 16.6. The van der Waals surface area contributed by atoms with E-state index < -0.39 is 5.97 Å². The summed E-state index contributed by atoms with van der Waals surface area (Å²) < 4.78 is 16.2. The summed E-state index contributed by atoms with van der Waals surface area (Å²) in [4.78, 5) is 23.5. The second-order valence-corrected chi connectivity index (χ2v) is 5.82. The molecule has 0 aromatic heterocycles. The molecule has 26 heavy (non-hydrogen) atoms. The third-order valence-electron chi connectivity index (χ3n) is 3.91. The van der Waals surface area contributed by atoms with Crippen molar-refractivity contribution in [3.05, 3.63) is 53.6 Å². The lowest BCUT2D eigenvalue weighted by Gasteiger charge is -2.11. The highest BCUT2D eigenvalue weighted by molar-refractivity contribution is 5.93. The quantitative estimate of drug-likeness (QED) is 0.268. The summed E-state index contributed by atoms with van der Waals surface area (Å²) >= 11 is 0. The van der Waals surface area contributed by atoms with Gasteiger partial charge in [-0.25, -0.2) is 4.79 Å². The van der Waals surface area contributed by atoms with Crippen LogP contribution in [-0.4, -0.2) is 26.0 Å². The molecule has 5 heteroatoms. The molecule has 0 aliphatic rings. The van der Waals surface area contributed by atoms with Gasteiger partial charge in [-0.2, -0.15) is 0 Å². The molecule has 0 spiro atoms. The van der Waals surface area contributed by atoms with E-state index in [2.05, 4.69) is 6.92 Å². The Kier molecular flexibility index (Phi) is 7.68. The summed E-state index contributed by atoms with van der Waals surface area (Å²) in [5.41, 5.74) is 0.621. The van der Waals surface area contributed by atoms with E-state index in [1.807, 2.05) is 0 Å². The van der Waals surface area contributed by atoms with Gasteiger partial charge in [0.1, 0.15) is 5.75 Å². The number of aldehydes is 1. The zero-order chi connectivity index (χ0) is 18.8. The summed E-state index contributed by atoms with van der Waals surface area (Å²) in [6.07, 6.45) is 5.19. The number of carbonyl (C=O) groups excluding carboxylic acids is 2. The molecule has 0 N–H and O–H groups in total. The molecule has 138 valence electrons. The van der Waals surface area contributed by atoms with Crippen molar-refractivity contribution in [3.63, 3.8) is 0 Å². The molecular formula is C21H24O5. The average molecular weight is 356 g/mol. The van der Waals surface area contributed by atoms with Crippen LogP contribution in [0.3, 0.4) is 0 Å². The normalized spacial score (nSPS) is 10.2. The Labute approximate surface area is 153 Å². The predicted octanol–water partition coefficient (Wildman–Crippen LogP) is 4.69. The maximum absolute atomic E-state index is 12.4. The minimum absolute atomic E-state index is 0.117. The van der Waals surface area contributed by atoms with Crippen LogP contribution in [0.25, 0.3) is 0 Å². The third kappa shape index (κ3) is 5.34. The number of hydrogen-bond acceptors (Lipinski definition) is 5. The first kappa shape index (κ1) is 19.5. The van der Waals surface area contributed by atoms with Crippen molar-refractivity contribution in [2.45, 2.75) is 32.6 Å². The van der Waals surface area contributed by atoms with Gasteiger partial charge in [0.15, 0.2) is 17.8 Å². The number of esters is 1. The van der Waals surface area contributed by atoms with Crippen molar-refractivity contribution in [2.24, 2.45) is 0 Å². The van der Waals surface area contributed by atoms with Crippen LogP contribution in [0, 0.1) is 0 Å². The molecule has 0 atom stereocenters. The van der Waals surface area contributed by atoms with Crippen LogP contribution in [0.5, 0.6) is 17.2 Å². The second-order valence-electron chi connectivity index (χ2n) is 5.82. The molecule has 0 fully saturated rings. The average Bonchev–Trinajstić information content (AvgIpc) is 2.68. The van der Waals surface area contributed by atoms with Gasteiger partial charge in [0, 0.05) is 0 Å². The van der Waals surface area contributed by atoms with Crippen molar-refractivity contribution in [1.82, 2.24) is 0 Å². The molecule has 0 bridgehead atoms. The van der Waals surface area contributed by atoms with Gasteiger partial charge in [0.05, 0.1) is 24.8 Å². The molecule has 2 aromatic rings. The van der Waals surface area contributed by atoms with E-state index in [-0.39, 0.29) is 11.3 Å². The number of methoxy groups -OCH3 is 1. The number of para-hydroxylation sites is 1. The molecule has 0 heterocycles. The Hall–Kier alpha value is -2.82. The van der Waals surface area contributed by atoms with Gasteiger partial charge >= 0.3 is 5.97 Å².